The summed E-state index contributed by atoms with van der Waals surface area (Å²) in [5.41, 5.74) is 0.606. The van der Waals surface area contributed by atoms with Gasteiger partial charge in [-0.15, -0.1) is 10.2 Å². The van der Waals surface area contributed by atoms with Crippen LogP contribution in [0.5, 0.6) is 5.75 Å². The molecule has 2 aromatic rings. The minimum Gasteiger partial charge on any atom is -0.482 e. The Hall–Kier alpha value is -2.48. The number of carbonyl (C=O) groups is 2. The number of amides is 2. The normalized spacial score (nSPS) is 16.7. The maximum Gasteiger partial charge on any atom is 0.265 e. The van der Waals surface area contributed by atoms with Gasteiger partial charge >= 0.3 is 0 Å². The number of hydrogen-bond donors (Lipinski definition) is 1. The summed E-state index contributed by atoms with van der Waals surface area (Å²) in [6, 6.07) is 7.17. The van der Waals surface area contributed by atoms with Crippen LogP contribution < -0.4 is 15.0 Å². The van der Waals surface area contributed by atoms with Crippen molar-refractivity contribution in [2.24, 2.45) is 0 Å². The second kappa shape index (κ2) is 5.62. The van der Waals surface area contributed by atoms with Crippen LogP contribution >= 0.6 is 11.3 Å². The third-order valence-corrected chi connectivity index (χ3v) is 4.72. The molecule has 0 saturated heterocycles. The van der Waals surface area contributed by atoms with Crippen LogP contribution in [0.3, 0.4) is 0 Å². The van der Waals surface area contributed by atoms with E-state index in [0.29, 0.717) is 22.5 Å². The maximum atomic E-state index is 12.2. The Kier molecular flexibility index (Phi) is 3.45. The first-order valence-corrected chi connectivity index (χ1v) is 8.18. The van der Waals surface area contributed by atoms with Crippen molar-refractivity contribution in [3.05, 3.63) is 29.3 Å². The van der Waals surface area contributed by atoms with Crippen LogP contribution in [0.25, 0.3) is 0 Å². The Morgan fingerprint density at radius 3 is 3.00 bits per heavy atom. The molecule has 2 aliphatic rings. The quantitative estimate of drug-likeness (QED) is 0.924. The van der Waals surface area contributed by atoms with Gasteiger partial charge in [-0.05, 0) is 25.0 Å². The van der Waals surface area contributed by atoms with Crippen LogP contribution in [0.4, 0.5) is 10.8 Å². The third-order valence-electron chi connectivity index (χ3n) is 3.72. The monoisotopic (exact) mass is 330 g/mol. The van der Waals surface area contributed by atoms with Crippen LogP contribution in [0.1, 0.15) is 23.8 Å². The van der Waals surface area contributed by atoms with E-state index in [9.17, 15) is 9.59 Å². The van der Waals surface area contributed by atoms with Crippen LogP contribution in [-0.2, 0) is 9.59 Å². The number of para-hydroxylation sites is 2. The first-order valence-electron chi connectivity index (χ1n) is 7.36. The smallest absolute Gasteiger partial charge is 0.265 e. The molecule has 8 heteroatoms. The van der Waals surface area contributed by atoms with Crippen LogP contribution in [-0.4, -0.2) is 35.2 Å². The number of fused-ring (bicyclic) bond motifs is 1. The van der Waals surface area contributed by atoms with Crippen LogP contribution in [0.2, 0.25) is 0 Å². The molecule has 0 atom stereocenters. The van der Waals surface area contributed by atoms with Crippen molar-refractivity contribution in [2.75, 3.05) is 23.4 Å². The second-order valence-electron chi connectivity index (χ2n) is 5.50. The molecular weight excluding hydrogens is 316 g/mol. The molecule has 1 aromatic heterocycles. The van der Waals surface area contributed by atoms with Gasteiger partial charge in [0.15, 0.2) is 6.61 Å². The lowest BCUT2D eigenvalue weighted by Crippen LogP contribution is -2.43. The third kappa shape index (κ3) is 2.89. The van der Waals surface area contributed by atoms with E-state index in [1.54, 1.807) is 18.2 Å². The number of nitrogens with one attached hydrogen (secondary N) is 1. The number of ether oxygens (including phenoxy) is 1. The van der Waals surface area contributed by atoms with Gasteiger partial charge in [-0.1, -0.05) is 23.5 Å². The van der Waals surface area contributed by atoms with E-state index in [-0.39, 0.29) is 25.0 Å². The molecule has 1 fully saturated rings. The van der Waals surface area contributed by atoms with Crippen molar-refractivity contribution in [1.82, 2.24) is 10.2 Å². The highest BCUT2D eigenvalue weighted by molar-refractivity contribution is 7.15. The number of benzene rings is 1. The lowest BCUT2D eigenvalue weighted by molar-refractivity contribution is -0.123. The molecule has 118 valence electrons. The van der Waals surface area contributed by atoms with Gasteiger partial charge in [0.1, 0.15) is 17.3 Å². The van der Waals surface area contributed by atoms with Crippen molar-refractivity contribution < 1.29 is 14.3 Å². The summed E-state index contributed by atoms with van der Waals surface area (Å²) in [6.45, 7) is -0.132. The molecule has 1 N–H and O–H groups in total. The number of aromatic nitrogens is 2. The van der Waals surface area contributed by atoms with Gasteiger partial charge in [-0.2, -0.15) is 0 Å². The number of carbonyl (C=O) groups excluding carboxylic acids is 2. The Balaban J connectivity index is 1.46. The number of anilines is 2. The summed E-state index contributed by atoms with van der Waals surface area (Å²) in [5.74, 6) is 0.570. The molecule has 1 aliphatic carbocycles. The fourth-order valence-electron chi connectivity index (χ4n) is 2.41. The summed E-state index contributed by atoms with van der Waals surface area (Å²) < 4.78 is 5.36. The minimum atomic E-state index is -0.298. The van der Waals surface area contributed by atoms with E-state index < -0.39 is 0 Å². The predicted octanol–water partition coefficient (Wildman–Crippen LogP) is 1.78. The molecule has 0 radical (unpaired) electrons. The van der Waals surface area contributed by atoms with Crippen molar-refractivity contribution in [3.8, 4) is 5.75 Å². The summed E-state index contributed by atoms with van der Waals surface area (Å²) in [4.78, 5) is 25.7. The molecule has 2 amide bonds. The first kappa shape index (κ1) is 14.1. The number of hydrogen-bond acceptors (Lipinski definition) is 6. The van der Waals surface area contributed by atoms with Gasteiger partial charge in [-0.3, -0.25) is 19.8 Å². The number of rotatable bonds is 4. The second-order valence-corrected chi connectivity index (χ2v) is 6.51. The lowest BCUT2D eigenvalue weighted by atomic mass is 10.2. The Bertz CT molecular complexity index is 772. The maximum absolute atomic E-state index is 12.2. The molecule has 4 rings (SSSR count). The van der Waals surface area contributed by atoms with E-state index in [0.717, 1.165) is 17.8 Å². The van der Waals surface area contributed by atoms with Crippen molar-refractivity contribution in [3.63, 3.8) is 0 Å². The van der Waals surface area contributed by atoms with Crippen molar-refractivity contribution in [2.45, 2.75) is 18.8 Å². The SMILES string of the molecule is O=C(CN1C(=O)COc2ccccc21)Nc1nnc(C2CC2)s1. The zero-order valence-corrected chi connectivity index (χ0v) is 13.0. The van der Waals surface area contributed by atoms with Gasteiger partial charge in [0, 0.05) is 5.92 Å². The molecule has 1 saturated carbocycles. The van der Waals surface area contributed by atoms with Gasteiger partial charge < -0.3 is 4.74 Å². The predicted molar refractivity (Wildman–Crippen MR) is 84.8 cm³/mol. The summed E-state index contributed by atoms with van der Waals surface area (Å²) in [7, 11) is 0. The summed E-state index contributed by atoms with van der Waals surface area (Å²) in [6.07, 6.45) is 2.28. The Morgan fingerprint density at radius 1 is 1.35 bits per heavy atom. The lowest BCUT2D eigenvalue weighted by Gasteiger charge is -2.28. The van der Waals surface area contributed by atoms with Gasteiger partial charge in [0.05, 0.1) is 5.69 Å². The molecule has 0 bridgehead atoms. The molecule has 1 aromatic carbocycles. The van der Waals surface area contributed by atoms with Crippen LogP contribution in [0, 0.1) is 0 Å². The average Bonchev–Trinajstić information content (AvgIpc) is 3.30. The molecule has 0 unspecified atom stereocenters. The minimum absolute atomic E-state index is 0.0606. The molecule has 2 heterocycles. The van der Waals surface area contributed by atoms with E-state index in [4.69, 9.17) is 4.74 Å². The zero-order valence-electron chi connectivity index (χ0n) is 12.2. The Morgan fingerprint density at radius 2 is 2.17 bits per heavy atom. The highest BCUT2D eigenvalue weighted by Gasteiger charge is 2.29. The molecule has 23 heavy (non-hydrogen) atoms. The van der Waals surface area contributed by atoms with Gasteiger partial charge in [0.2, 0.25) is 11.0 Å². The Labute approximate surface area is 136 Å². The van der Waals surface area contributed by atoms with E-state index in [1.807, 2.05) is 6.07 Å². The molecule has 7 nitrogen and oxygen atoms in total. The fraction of sp³-hybridized carbons (Fsp3) is 0.333. The summed E-state index contributed by atoms with van der Waals surface area (Å²) in [5, 5.41) is 12.2. The van der Waals surface area contributed by atoms with E-state index >= 15 is 0 Å². The number of nitrogens with zero attached hydrogens (tertiary/aromatic N) is 3. The molecule has 0 spiro atoms. The highest BCUT2D eigenvalue weighted by atomic mass is 32.1. The zero-order chi connectivity index (χ0) is 15.8. The standard InChI is InChI=1S/C15H14N4O3S/c20-12(16-15-18-17-14(23-15)9-5-6-9)7-19-10-3-1-2-4-11(10)22-8-13(19)21/h1-4,9H,5-8H2,(H,16,18,20). The molecule has 1 aliphatic heterocycles. The van der Waals surface area contributed by atoms with Gasteiger partial charge in [-0.25, -0.2) is 0 Å². The van der Waals surface area contributed by atoms with Gasteiger partial charge in [0.25, 0.3) is 5.91 Å². The highest BCUT2D eigenvalue weighted by Crippen LogP contribution is 2.42. The van der Waals surface area contributed by atoms with E-state index in [2.05, 4.69) is 15.5 Å². The summed E-state index contributed by atoms with van der Waals surface area (Å²) >= 11 is 1.40. The average molecular weight is 330 g/mol. The van der Waals surface area contributed by atoms with Crippen molar-refractivity contribution in [1.29, 1.82) is 0 Å². The topological polar surface area (TPSA) is 84.4 Å². The molecular formula is C15H14N4O3S. The van der Waals surface area contributed by atoms with E-state index in [1.165, 1.54) is 16.2 Å². The fourth-order valence-corrected chi connectivity index (χ4v) is 3.34. The largest absolute Gasteiger partial charge is 0.482 e. The first-order chi connectivity index (χ1) is 11.2. The van der Waals surface area contributed by atoms with Crippen LogP contribution in [0.15, 0.2) is 24.3 Å². The van der Waals surface area contributed by atoms with Crippen molar-refractivity contribution >= 4 is 34.0 Å².